The third kappa shape index (κ3) is 2.93. The van der Waals surface area contributed by atoms with E-state index in [1.54, 1.807) is 0 Å². The number of carbonyl (C=O) groups is 1. The van der Waals surface area contributed by atoms with Gasteiger partial charge >= 0.3 is 0 Å². The normalized spacial score (nSPS) is 26.5. The van der Waals surface area contributed by atoms with Crippen molar-refractivity contribution < 1.29 is 4.79 Å². The summed E-state index contributed by atoms with van der Waals surface area (Å²) in [5.41, 5.74) is 6.61. The summed E-state index contributed by atoms with van der Waals surface area (Å²) in [4.78, 5) is 12.5. The topological polar surface area (TPSA) is 60.0 Å². The molecule has 0 radical (unpaired) electrons. The number of nitrogens with two attached hydrogens (primary N) is 1. The van der Waals surface area contributed by atoms with E-state index in [4.69, 9.17) is 5.73 Å². The fourth-order valence-electron chi connectivity index (χ4n) is 3.20. The molecule has 20 heavy (non-hydrogen) atoms. The standard InChI is InChI=1S/C15H22BrN3O/c16-11-7-14(19(9-11)12-5-6-12)15(20)18-13-4-2-1-3-10(13)8-17/h7,9-10,12-13H,1-6,8,17H2,(H,18,20). The minimum atomic E-state index is 0.0490. The first kappa shape index (κ1) is 14.1. The van der Waals surface area contributed by atoms with Crippen LogP contribution in [0.1, 0.15) is 55.1 Å². The lowest BCUT2D eigenvalue weighted by atomic mass is 9.84. The van der Waals surface area contributed by atoms with Gasteiger partial charge in [0.2, 0.25) is 0 Å². The van der Waals surface area contributed by atoms with Crippen LogP contribution in [-0.4, -0.2) is 23.1 Å². The molecule has 1 aromatic heterocycles. The highest BCUT2D eigenvalue weighted by molar-refractivity contribution is 9.10. The van der Waals surface area contributed by atoms with Crippen molar-refractivity contribution in [3.8, 4) is 0 Å². The summed E-state index contributed by atoms with van der Waals surface area (Å²) in [7, 11) is 0. The van der Waals surface area contributed by atoms with Gasteiger partial charge in [-0.15, -0.1) is 0 Å². The van der Waals surface area contributed by atoms with Crippen LogP contribution in [0.4, 0.5) is 0 Å². The van der Waals surface area contributed by atoms with Crippen LogP contribution in [0.2, 0.25) is 0 Å². The molecule has 3 N–H and O–H groups in total. The maximum atomic E-state index is 12.5. The molecule has 2 aliphatic carbocycles. The monoisotopic (exact) mass is 339 g/mol. The van der Waals surface area contributed by atoms with Crippen LogP contribution in [-0.2, 0) is 0 Å². The van der Waals surface area contributed by atoms with E-state index in [1.165, 1.54) is 25.7 Å². The molecule has 0 bridgehead atoms. The first-order chi connectivity index (χ1) is 9.69. The lowest BCUT2D eigenvalue weighted by Crippen LogP contribution is -2.45. The van der Waals surface area contributed by atoms with E-state index in [-0.39, 0.29) is 11.9 Å². The molecule has 4 nitrogen and oxygen atoms in total. The highest BCUT2D eigenvalue weighted by Gasteiger charge is 2.30. The SMILES string of the molecule is NCC1CCCCC1NC(=O)c1cc(Br)cn1C1CC1. The van der Waals surface area contributed by atoms with Crippen LogP contribution in [0.25, 0.3) is 0 Å². The molecule has 2 fully saturated rings. The van der Waals surface area contributed by atoms with Gasteiger partial charge in [0.15, 0.2) is 0 Å². The molecule has 2 unspecified atom stereocenters. The summed E-state index contributed by atoms with van der Waals surface area (Å²) in [5.74, 6) is 0.480. The van der Waals surface area contributed by atoms with E-state index in [9.17, 15) is 4.79 Å². The average molecular weight is 340 g/mol. The first-order valence-electron chi connectivity index (χ1n) is 7.57. The molecule has 5 heteroatoms. The van der Waals surface area contributed by atoms with Crippen molar-refractivity contribution in [1.29, 1.82) is 0 Å². The molecule has 2 atom stereocenters. The Labute approximate surface area is 128 Å². The molecule has 1 aromatic rings. The van der Waals surface area contributed by atoms with Crippen molar-refractivity contribution in [2.75, 3.05) is 6.54 Å². The van der Waals surface area contributed by atoms with Gasteiger partial charge in [0.1, 0.15) is 5.69 Å². The zero-order valence-electron chi connectivity index (χ0n) is 11.6. The van der Waals surface area contributed by atoms with Gasteiger partial charge in [0, 0.05) is 22.8 Å². The van der Waals surface area contributed by atoms with Crippen LogP contribution in [0.5, 0.6) is 0 Å². The smallest absolute Gasteiger partial charge is 0.268 e. The van der Waals surface area contributed by atoms with Gasteiger partial charge in [-0.25, -0.2) is 0 Å². The summed E-state index contributed by atoms with van der Waals surface area (Å²) in [6.07, 6.45) is 8.99. The molecule has 2 saturated carbocycles. The molecule has 3 rings (SSSR count). The van der Waals surface area contributed by atoms with Crippen LogP contribution in [0, 0.1) is 5.92 Å². The van der Waals surface area contributed by atoms with Gasteiger partial charge in [-0.1, -0.05) is 12.8 Å². The number of aromatic nitrogens is 1. The van der Waals surface area contributed by atoms with Crippen molar-refractivity contribution in [2.45, 2.75) is 50.6 Å². The van der Waals surface area contributed by atoms with Gasteiger partial charge in [-0.3, -0.25) is 4.79 Å². The maximum Gasteiger partial charge on any atom is 0.268 e. The number of amides is 1. The van der Waals surface area contributed by atoms with Crippen LogP contribution >= 0.6 is 15.9 Å². The number of nitrogens with one attached hydrogen (secondary N) is 1. The minimum absolute atomic E-state index is 0.0490. The summed E-state index contributed by atoms with van der Waals surface area (Å²) >= 11 is 3.48. The molecular formula is C15H22BrN3O. The highest BCUT2D eigenvalue weighted by Crippen LogP contribution is 2.37. The Bertz CT molecular complexity index is 495. The summed E-state index contributed by atoms with van der Waals surface area (Å²) in [6, 6.07) is 2.68. The summed E-state index contributed by atoms with van der Waals surface area (Å²) in [5, 5.41) is 3.21. The Balaban J connectivity index is 1.72. The number of rotatable bonds is 4. The Hall–Kier alpha value is -0.810. The molecule has 1 amide bonds. The third-order valence-corrected chi connectivity index (χ3v) is 4.95. The van der Waals surface area contributed by atoms with Crippen LogP contribution in [0.3, 0.4) is 0 Å². The Morgan fingerprint density at radius 1 is 1.35 bits per heavy atom. The van der Waals surface area contributed by atoms with Gasteiger partial charge in [-0.2, -0.15) is 0 Å². The zero-order chi connectivity index (χ0) is 14.1. The lowest BCUT2D eigenvalue weighted by Gasteiger charge is -2.31. The lowest BCUT2D eigenvalue weighted by molar-refractivity contribution is 0.0898. The predicted molar refractivity (Wildman–Crippen MR) is 82.7 cm³/mol. The fourth-order valence-corrected chi connectivity index (χ4v) is 3.64. The third-order valence-electron chi connectivity index (χ3n) is 4.52. The van der Waals surface area contributed by atoms with Gasteiger partial charge in [0.05, 0.1) is 0 Å². The molecule has 2 aliphatic rings. The zero-order valence-corrected chi connectivity index (χ0v) is 13.2. The van der Waals surface area contributed by atoms with E-state index >= 15 is 0 Å². The predicted octanol–water partition coefficient (Wildman–Crippen LogP) is 2.83. The highest BCUT2D eigenvalue weighted by atomic mass is 79.9. The minimum Gasteiger partial charge on any atom is -0.348 e. The number of hydrogen-bond acceptors (Lipinski definition) is 2. The van der Waals surface area contributed by atoms with E-state index in [2.05, 4.69) is 25.8 Å². The quantitative estimate of drug-likeness (QED) is 0.885. The Morgan fingerprint density at radius 2 is 2.10 bits per heavy atom. The van der Waals surface area contributed by atoms with Crippen molar-refractivity contribution in [1.82, 2.24) is 9.88 Å². The fraction of sp³-hybridized carbons (Fsp3) is 0.667. The largest absolute Gasteiger partial charge is 0.348 e. The van der Waals surface area contributed by atoms with E-state index in [0.717, 1.165) is 23.0 Å². The van der Waals surface area contributed by atoms with E-state index in [0.29, 0.717) is 18.5 Å². The second-order valence-electron chi connectivity index (χ2n) is 6.04. The van der Waals surface area contributed by atoms with E-state index in [1.807, 2.05) is 12.3 Å². The van der Waals surface area contributed by atoms with Gasteiger partial charge in [0.25, 0.3) is 5.91 Å². The Morgan fingerprint density at radius 3 is 2.80 bits per heavy atom. The van der Waals surface area contributed by atoms with Crippen molar-refractivity contribution >= 4 is 21.8 Å². The van der Waals surface area contributed by atoms with Crippen molar-refractivity contribution in [2.24, 2.45) is 11.7 Å². The second-order valence-corrected chi connectivity index (χ2v) is 6.96. The maximum absolute atomic E-state index is 12.5. The molecule has 0 aliphatic heterocycles. The van der Waals surface area contributed by atoms with Crippen molar-refractivity contribution in [3.63, 3.8) is 0 Å². The second kappa shape index (κ2) is 5.90. The molecular weight excluding hydrogens is 318 g/mol. The van der Waals surface area contributed by atoms with Gasteiger partial charge < -0.3 is 15.6 Å². The molecule has 0 spiro atoms. The first-order valence-corrected chi connectivity index (χ1v) is 8.36. The summed E-state index contributed by atoms with van der Waals surface area (Å²) < 4.78 is 3.09. The van der Waals surface area contributed by atoms with Gasteiger partial charge in [-0.05, 0) is 60.1 Å². The van der Waals surface area contributed by atoms with Crippen LogP contribution in [0.15, 0.2) is 16.7 Å². The average Bonchev–Trinajstić information content (AvgIpc) is 3.22. The number of hydrogen-bond donors (Lipinski definition) is 2. The Kier molecular flexibility index (Phi) is 4.17. The molecule has 0 aromatic carbocycles. The number of nitrogens with zero attached hydrogens (tertiary/aromatic N) is 1. The van der Waals surface area contributed by atoms with Crippen molar-refractivity contribution in [3.05, 3.63) is 22.4 Å². The van der Waals surface area contributed by atoms with Crippen LogP contribution < -0.4 is 11.1 Å². The number of carbonyl (C=O) groups excluding carboxylic acids is 1. The molecule has 110 valence electrons. The molecule has 1 heterocycles. The van der Waals surface area contributed by atoms with E-state index < -0.39 is 0 Å². The number of halogens is 1. The molecule has 0 saturated heterocycles. The summed E-state index contributed by atoms with van der Waals surface area (Å²) in [6.45, 7) is 0.665.